The van der Waals surface area contributed by atoms with E-state index < -0.39 is 159 Å². The quantitative estimate of drug-likeness (QED) is 0.0265. The number of aliphatic carboxylic acids is 4. The second-order valence-corrected chi connectivity index (χ2v) is 27.1. The fraction of sp³-hybridized carbons (Fsp3) is 0.491. The van der Waals surface area contributed by atoms with Gasteiger partial charge in [-0.05, 0) is 61.2 Å². The van der Waals surface area contributed by atoms with Gasteiger partial charge in [-0.15, -0.1) is 0 Å². The van der Waals surface area contributed by atoms with Crippen LogP contribution in [0.2, 0.25) is 0 Å². The molecule has 2 aromatic carbocycles. The number of imidazole rings is 1. The number of nitrogens with one attached hydrogen (secondary N) is 8. The van der Waals surface area contributed by atoms with Crippen LogP contribution >= 0.6 is 21.7 Å². The first-order chi connectivity index (χ1) is 46.5. The average Bonchev–Trinajstić information content (AvgIpc) is 0.962. The average molecular weight is 1490 g/mol. The van der Waals surface area contributed by atoms with Gasteiger partial charge in [0.1, 0.15) is 29.4 Å². The van der Waals surface area contributed by atoms with Crippen molar-refractivity contribution in [1.82, 2.24) is 65.4 Å². The van der Waals surface area contributed by atoms with E-state index in [0.717, 1.165) is 10.5 Å². The van der Waals surface area contributed by atoms with Crippen LogP contribution in [0.1, 0.15) is 39.9 Å². The number of alkyl halides is 3. The van der Waals surface area contributed by atoms with E-state index in [4.69, 9.17) is 14.6 Å². The number of H-pyrrole nitrogens is 1. The highest BCUT2D eigenvalue weighted by Crippen LogP contribution is 2.35. The van der Waals surface area contributed by atoms with Crippen molar-refractivity contribution >= 4 is 108 Å². The third-order valence-electron chi connectivity index (χ3n) is 14.3. The van der Waals surface area contributed by atoms with Crippen LogP contribution in [0.3, 0.4) is 0 Å². The Kier molecular flexibility index (Phi) is 31.7. The van der Waals surface area contributed by atoms with Gasteiger partial charge in [-0.1, -0.05) is 6.07 Å². The Hall–Kier alpha value is -9.00. The van der Waals surface area contributed by atoms with Crippen molar-refractivity contribution in [1.29, 1.82) is 0 Å². The van der Waals surface area contributed by atoms with Crippen LogP contribution in [0, 0.1) is 13.8 Å². The van der Waals surface area contributed by atoms with E-state index in [1.807, 2.05) is 5.32 Å². The lowest BCUT2D eigenvalue weighted by Crippen LogP contribution is -2.58. The van der Waals surface area contributed by atoms with Crippen molar-refractivity contribution in [3.05, 3.63) is 81.4 Å². The maximum atomic E-state index is 13.7. The number of nitrogens with zero attached hydrogens (tertiary/aromatic N) is 6. The minimum absolute atomic E-state index is 0.0248. The molecule has 4 aromatic rings. The molecule has 1 aliphatic rings. The van der Waals surface area contributed by atoms with Crippen molar-refractivity contribution < 1.29 is 127 Å². The maximum absolute atomic E-state index is 13.7. The van der Waals surface area contributed by atoms with Gasteiger partial charge in [0.25, 0.3) is 5.91 Å². The Bertz CT molecular complexity index is 3710. The molecule has 2 aromatic heterocycles. The van der Waals surface area contributed by atoms with Gasteiger partial charge in [0, 0.05) is 116 Å². The highest BCUT2D eigenvalue weighted by Gasteiger charge is 2.39. The predicted molar refractivity (Wildman–Crippen MR) is 348 cm³/mol. The number of fused-ring (bicyclic) bond motifs is 1. The highest BCUT2D eigenvalue weighted by molar-refractivity contribution is 8.19. The number of carbonyl (C=O) groups is 10. The standard InChI is InChI=1S/C53H78N14O23S3.C2HF3O2/c1-32-21-35(22-33(2)47(32)93(88,89)62-38(51(78)79)25-58-48(75)37-26-63(3)41-23-34(6-7-36(41)46(37)74)24-59-52-56-10-11-57-52)90-20-4-5-42(68)54-8-9-55-49(76)39(30-91(82,83)84)61-50(77)40(31-92(85,86)87)60-43(69)27-64-12-13-65(28-44(70)71)14-15-66(29-45(72)73)17-19-67(18-16-64)53(80)81;3-2(4,5)1(6)7/h6-7,10-11,21-23,26,38-40,62,82-87H,4-5,8-9,12-20,24-25,27-31H2,1-3H3,(H,54,68)(H,55,76)(H,58,75)(H,60,69)(H,61,77)(H,70,71)(H,72,73)(H,78,79)(H,80,81)(H2,56,57,59);(H,6,7)/t38-,39?,40?;/m0./s1. The fourth-order valence-electron chi connectivity index (χ4n) is 9.62. The summed E-state index contributed by atoms with van der Waals surface area (Å²) in [6.07, 6.45) is -1.99. The number of carboxylic acid groups (broad SMARTS) is 5. The molecule has 3 heterocycles. The largest absolute Gasteiger partial charge is 0.494 e. The zero-order chi connectivity index (χ0) is 75.0. The number of carbonyl (C=O) groups excluding carboxylic acids is 5. The Morgan fingerprint density at radius 2 is 1.22 bits per heavy atom. The van der Waals surface area contributed by atoms with Gasteiger partial charge in [-0.3, -0.25) is 57.9 Å². The summed E-state index contributed by atoms with van der Waals surface area (Å²) in [5, 5.41) is 60.5. The third-order valence-corrected chi connectivity index (χ3v) is 17.6. The lowest BCUT2D eigenvalue weighted by molar-refractivity contribution is -0.192. The third kappa shape index (κ3) is 29.1. The SMILES string of the molecule is Cc1cc(OCCCC(=O)NCCNC(=O)C(CS(O)(O)O)NC(=O)C(CS(O)(O)O)NC(=O)CN2CCN(CC(=O)O)CCN(CC(=O)O)CCN(C(=O)O)CC2)cc(C)c1S(=O)(=O)N[C@@H](CNC(=O)c1cn(C)c2cc(CNc3ncc[nH]3)ccc2c1=O)C(=O)O.O=C(O)C(F)(F)F. The van der Waals surface area contributed by atoms with Crippen molar-refractivity contribution in [2.24, 2.45) is 7.05 Å². The van der Waals surface area contributed by atoms with Gasteiger partial charge < -0.3 is 104 Å². The molecule has 0 aliphatic carbocycles. The first-order valence-corrected chi connectivity index (χ1v) is 34.5. The van der Waals surface area contributed by atoms with Crippen LogP contribution in [-0.4, -0.2) is 289 Å². The molecule has 558 valence electrons. The Labute approximate surface area is 570 Å². The van der Waals surface area contributed by atoms with Gasteiger partial charge in [0.2, 0.25) is 39.1 Å². The number of sulfonamides is 1. The Balaban J connectivity index is 0.00000287. The van der Waals surface area contributed by atoms with E-state index in [-0.39, 0.29) is 118 Å². The monoisotopic (exact) mass is 1490 g/mol. The first kappa shape index (κ1) is 83.4. The molecule has 0 bridgehead atoms. The fourth-order valence-corrected chi connectivity index (χ4v) is 12.6. The molecule has 0 radical (unpaired) electrons. The van der Waals surface area contributed by atoms with Crippen LogP contribution < -0.4 is 46.8 Å². The van der Waals surface area contributed by atoms with Crippen LogP contribution in [0.15, 0.2) is 58.6 Å². The summed E-state index contributed by atoms with van der Waals surface area (Å²) in [5.41, 5.74) is 0.639. The summed E-state index contributed by atoms with van der Waals surface area (Å²) in [5.74, 6) is -13.7. The zero-order valence-corrected chi connectivity index (χ0v) is 56.1. The molecule has 3 atom stereocenters. The molecule has 0 saturated carbocycles. The second-order valence-electron chi connectivity index (χ2n) is 22.3. The number of aromatic amines is 1. The molecule has 1 fully saturated rings. The molecule has 5 rings (SSSR count). The van der Waals surface area contributed by atoms with Crippen molar-refractivity contribution in [3.63, 3.8) is 0 Å². The summed E-state index contributed by atoms with van der Waals surface area (Å²) >= 11 is 0. The number of hydrogen-bond acceptors (Lipinski definition) is 25. The van der Waals surface area contributed by atoms with Crippen molar-refractivity contribution in [2.75, 3.05) is 115 Å². The summed E-state index contributed by atoms with van der Waals surface area (Å²) in [6.45, 7) is -0.494. The smallest absolute Gasteiger partial charge is 0.490 e. The number of rotatable bonds is 32. The molecule has 45 heteroatoms. The molecule has 2 unspecified atom stereocenters. The molecule has 39 nitrogen and oxygen atoms in total. The number of anilines is 1. The Morgan fingerprint density at radius 1 is 0.690 bits per heavy atom. The van der Waals surface area contributed by atoms with E-state index in [9.17, 15) is 117 Å². The number of hydrogen-bond donors (Lipinski definition) is 19. The predicted octanol–water partition coefficient (Wildman–Crippen LogP) is -0.838. The van der Waals surface area contributed by atoms with Crippen molar-refractivity contribution in [2.45, 2.75) is 62.4 Å². The molecule has 0 spiro atoms. The number of halogens is 3. The van der Waals surface area contributed by atoms with Crippen LogP contribution in [0.4, 0.5) is 23.9 Å². The summed E-state index contributed by atoms with van der Waals surface area (Å²) in [6, 6.07) is 1.76. The normalized spacial score (nSPS) is 15.2. The van der Waals surface area contributed by atoms with Crippen LogP contribution in [0.25, 0.3) is 10.9 Å². The molecule has 100 heavy (non-hydrogen) atoms. The maximum Gasteiger partial charge on any atom is 0.490 e. The minimum Gasteiger partial charge on any atom is -0.494 e. The Morgan fingerprint density at radius 3 is 1.72 bits per heavy atom. The number of pyridine rings is 1. The van der Waals surface area contributed by atoms with E-state index in [2.05, 4.69) is 41.3 Å². The summed E-state index contributed by atoms with van der Waals surface area (Å²) in [4.78, 5) is 148. The summed E-state index contributed by atoms with van der Waals surface area (Å²) in [7, 11) is -12.1. The molecular formula is C55H79F3N14O25S3. The van der Waals surface area contributed by atoms with Gasteiger partial charge >= 0.3 is 36.1 Å². The van der Waals surface area contributed by atoms with Crippen LogP contribution in [-0.2, 0) is 62.0 Å². The van der Waals surface area contributed by atoms with Crippen molar-refractivity contribution in [3.8, 4) is 5.75 Å². The topological polar surface area (TPSA) is 584 Å². The number of aromatic nitrogens is 3. The first-order valence-electron chi connectivity index (χ1n) is 29.6. The van der Waals surface area contributed by atoms with Gasteiger partial charge in [0.15, 0.2) is 5.95 Å². The van der Waals surface area contributed by atoms with Gasteiger partial charge in [-0.2, -0.15) is 17.9 Å². The summed E-state index contributed by atoms with van der Waals surface area (Å²) < 4.78 is 128. The number of aryl methyl sites for hydroxylation is 3. The van der Waals surface area contributed by atoms with Gasteiger partial charge in [-0.25, -0.2) is 23.0 Å². The number of benzene rings is 2. The number of amides is 6. The molecule has 19 N–H and O–H groups in total. The second kappa shape index (κ2) is 38.0. The van der Waals surface area contributed by atoms with E-state index >= 15 is 0 Å². The lowest BCUT2D eigenvalue weighted by Gasteiger charge is -2.33. The molecule has 6 amide bonds. The van der Waals surface area contributed by atoms with E-state index in [1.54, 1.807) is 42.2 Å². The minimum atomic E-state index is -5.08. The molecule has 1 saturated heterocycles. The van der Waals surface area contributed by atoms with E-state index in [1.165, 1.54) is 46.9 Å². The highest BCUT2D eigenvalue weighted by atomic mass is 32.3. The molecular weight excluding hydrogens is 1410 g/mol. The van der Waals surface area contributed by atoms with Crippen LogP contribution in [0.5, 0.6) is 5.75 Å². The molecule has 1 aliphatic heterocycles. The zero-order valence-electron chi connectivity index (χ0n) is 53.7. The van der Waals surface area contributed by atoms with E-state index in [0.29, 0.717) is 18.0 Å². The van der Waals surface area contributed by atoms with Gasteiger partial charge in [0.05, 0.1) is 69.9 Å². The lowest BCUT2D eigenvalue weighted by atomic mass is 10.1. The number of carboxylic acids is 4. The number of ether oxygens (including phenoxy) is 1.